The number of amidine groups is 1. The summed E-state index contributed by atoms with van der Waals surface area (Å²) in [6.45, 7) is 11.8. The number of aromatic nitrogens is 1. The predicted octanol–water partition coefficient (Wildman–Crippen LogP) is 6.07. The van der Waals surface area contributed by atoms with Gasteiger partial charge in [-0.2, -0.15) is 0 Å². The Kier molecular flexibility index (Phi) is 10.6. The van der Waals surface area contributed by atoms with Crippen LogP contribution in [0.25, 0.3) is 11.3 Å². The van der Waals surface area contributed by atoms with Crippen molar-refractivity contribution in [2.75, 3.05) is 19.6 Å². The minimum absolute atomic E-state index is 0.0620. The summed E-state index contributed by atoms with van der Waals surface area (Å²) in [7, 11) is 0. The Labute approximate surface area is 218 Å². The Morgan fingerprint density at radius 1 is 1.03 bits per heavy atom. The van der Waals surface area contributed by atoms with Crippen molar-refractivity contribution in [1.82, 2.24) is 9.88 Å². The van der Waals surface area contributed by atoms with E-state index in [2.05, 4.69) is 49.9 Å². The van der Waals surface area contributed by atoms with Crippen LogP contribution in [-0.4, -0.2) is 46.9 Å². The molecule has 7 nitrogen and oxygen atoms in total. The summed E-state index contributed by atoms with van der Waals surface area (Å²) in [6, 6.07) is 15.2. The highest BCUT2D eigenvalue weighted by molar-refractivity contribution is 7.12. The van der Waals surface area contributed by atoms with Crippen LogP contribution >= 0.6 is 11.3 Å². The Morgan fingerprint density at radius 2 is 1.64 bits per heavy atom. The Bertz CT molecular complexity index is 1090. The summed E-state index contributed by atoms with van der Waals surface area (Å²) < 4.78 is 12.3. The number of oxime groups is 1. The Balaban J connectivity index is 1.70. The molecule has 36 heavy (non-hydrogen) atoms. The first-order chi connectivity index (χ1) is 17.5. The average Bonchev–Trinajstić information content (AvgIpc) is 3.28. The molecule has 0 amide bonds. The van der Waals surface area contributed by atoms with Gasteiger partial charge in [-0.05, 0) is 81.4 Å². The normalized spacial score (nSPS) is 12.6. The van der Waals surface area contributed by atoms with Gasteiger partial charge in [0.05, 0.1) is 10.7 Å². The molecular formula is C28H38N4O3S. The molecule has 0 saturated heterocycles. The molecule has 0 aliphatic carbocycles. The second-order valence-electron chi connectivity index (χ2n) is 8.62. The third-order valence-electron chi connectivity index (χ3n) is 6.07. The summed E-state index contributed by atoms with van der Waals surface area (Å²) in [5, 5.41) is 13.0. The van der Waals surface area contributed by atoms with E-state index in [0.29, 0.717) is 11.3 Å². The standard InChI is InChI=1S/C28H38N4O3S/c1-5-8-9-26(35-24-16-12-22(13-17-24)28(29)31-33)34-23-14-10-21(11-15-23)27-25(36-20(4)30-27)18-19-32(6-2)7-3/h10-17,26,33H,5-9,18-19H2,1-4H3,(H2,29,31). The molecule has 3 N–H and O–H groups in total. The quantitative estimate of drug-likeness (QED) is 0.0899. The summed E-state index contributed by atoms with van der Waals surface area (Å²) in [5.41, 5.74) is 8.45. The van der Waals surface area contributed by atoms with Gasteiger partial charge in [-0.15, -0.1) is 11.3 Å². The molecule has 0 aliphatic heterocycles. The number of ether oxygens (including phenoxy) is 2. The van der Waals surface area contributed by atoms with Crippen LogP contribution in [0.5, 0.6) is 11.5 Å². The van der Waals surface area contributed by atoms with Crippen molar-refractivity contribution in [3.8, 4) is 22.8 Å². The van der Waals surface area contributed by atoms with Gasteiger partial charge >= 0.3 is 0 Å². The molecule has 0 spiro atoms. The molecule has 194 valence electrons. The van der Waals surface area contributed by atoms with E-state index < -0.39 is 6.29 Å². The molecular weight excluding hydrogens is 472 g/mol. The molecule has 0 bridgehead atoms. The fourth-order valence-corrected chi connectivity index (χ4v) is 4.88. The maximum atomic E-state index is 8.85. The number of unbranched alkanes of at least 4 members (excludes halogenated alkanes) is 1. The van der Waals surface area contributed by atoms with Crippen LogP contribution in [0.15, 0.2) is 53.7 Å². The van der Waals surface area contributed by atoms with Crippen molar-refractivity contribution >= 4 is 17.2 Å². The average molecular weight is 511 g/mol. The molecule has 3 aromatic rings. The lowest BCUT2D eigenvalue weighted by Crippen LogP contribution is -2.25. The van der Waals surface area contributed by atoms with E-state index in [-0.39, 0.29) is 5.84 Å². The first kappa shape index (κ1) is 27.5. The van der Waals surface area contributed by atoms with E-state index >= 15 is 0 Å². The predicted molar refractivity (Wildman–Crippen MR) is 147 cm³/mol. The van der Waals surface area contributed by atoms with Crippen LogP contribution < -0.4 is 15.2 Å². The lowest BCUT2D eigenvalue weighted by molar-refractivity contribution is -0.00211. The Hall–Kier alpha value is -3.10. The molecule has 0 radical (unpaired) electrons. The minimum atomic E-state index is -0.420. The van der Waals surface area contributed by atoms with Gasteiger partial charge in [0.1, 0.15) is 11.5 Å². The largest absolute Gasteiger partial charge is 0.455 e. The van der Waals surface area contributed by atoms with Gasteiger partial charge in [0, 0.05) is 29.0 Å². The van der Waals surface area contributed by atoms with Gasteiger partial charge < -0.3 is 25.3 Å². The van der Waals surface area contributed by atoms with Crippen molar-refractivity contribution in [1.29, 1.82) is 0 Å². The molecule has 1 atom stereocenters. The van der Waals surface area contributed by atoms with Crippen molar-refractivity contribution < 1.29 is 14.7 Å². The summed E-state index contributed by atoms with van der Waals surface area (Å²) in [4.78, 5) is 8.59. The molecule has 2 aromatic carbocycles. The fourth-order valence-electron chi connectivity index (χ4n) is 3.93. The van der Waals surface area contributed by atoms with Crippen LogP contribution in [0.1, 0.15) is 55.5 Å². The highest BCUT2D eigenvalue weighted by Gasteiger charge is 2.15. The van der Waals surface area contributed by atoms with E-state index in [1.54, 1.807) is 35.6 Å². The van der Waals surface area contributed by atoms with Crippen LogP contribution in [0.4, 0.5) is 0 Å². The lowest BCUT2D eigenvalue weighted by Gasteiger charge is -2.21. The number of hydrogen-bond donors (Lipinski definition) is 2. The third kappa shape index (κ3) is 7.70. The molecule has 1 heterocycles. The molecule has 0 saturated carbocycles. The lowest BCUT2D eigenvalue weighted by atomic mass is 10.1. The zero-order chi connectivity index (χ0) is 25.9. The second kappa shape index (κ2) is 13.8. The maximum absolute atomic E-state index is 8.85. The van der Waals surface area contributed by atoms with Crippen LogP contribution in [0, 0.1) is 6.92 Å². The van der Waals surface area contributed by atoms with E-state index in [1.165, 1.54) is 4.88 Å². The van der Waals surface area contributed by atoms with E-state index in [0.717, 1.165) is 67.3 Å². The van der Waals surface area contributed by atoms with Crippen LogP contribution in [0.2, 0.25) is 0 Å². The summed E-state index contributed by atoms with van der Waals surface area (Å²) in [6.07, 6.45) is 3.38. The molecule has 1 aromatic heterocycles. The van der Waals surface area contributed by atoms with Gasteiger partial charge in [0.15, 0.2) is 5.84 Å². The van der Waals surface area contributed by atoms with Crippen LogP contribution in [0.3, 0.4) is 0 Å². The van der Waals surface area contributed by atoms with Gasteiger partial charge in [0.25, 0.3) is 0 Å². The number of likely N-dealkylation sites (N-methyl/N-ethyl adjacent to an activating group) is 1. The van der Waals surface area contributed by atoms with E-state index in [4.69, 9.17) is 25.4 Å². The summed E-state index contributed by atoms with van der Waals surface area (Å²) >= 11 is 1.78. The molecule has 1 unspecified atom stereocenters. The fraction of sp³-hybridized carbons (Fsp3) is 0.429. The number of aryl methyl sites for hydroxylation is 1. The number of rotatable bonds is 14. The van der Waals surface area contributed by atoms with E-state index in [1.807, 2.05) is 12.1 Å². The zero-order valence-electron chi connectivity index (χ0n) is 21.7. The van der Waals surface area contributed by atoms with Gasteiger partial charge in [0.2, 0.25) is 6.29 Å². The number of hydrogen-bond acceptors (Lipinski definition) is 7. The maximum Gasteiger partial charge on any atom is 0.241 e. The number of nitrogens with two attached hydrogens (primary N) is 1. The topological polar surface area (TPSA) is 93.2 Å². The first-order valence-corrected chi connectivity index (χ1v) is 13.5. The van der Waals surface area contributed by atoms with Crippen molar-refractivity contribution in [2.45, 2.75) is 59.7 Å². The van der Waals surface area contributed by atoms with Gasteiger partial charge in [-0.3, -0.25) is 0 Å². The van der Waals surface area contributed by atoms with Crippen molar-refractivity contribution in [3.63, 3.8) is 0 Å². The SMILES string of the molecule is CCCCC(Oc1ccc(C(N)=NO)cc1)Oc1ccc(-c2nc(C)sc2CCN(CC)CC)cc1. The zero-order valence-corrected chi connectivity index (χ0v) is 22.6. The van der Waals surface area contributed by atoms with Gasteiger partial charge in [-0.1, -0.05) is 32.3 Å². The van der Waals surface area contributed by atoms with Gasteiger partial charge in [-0.25, -0.2) is 4.98 Å². The number of nitrogens with zero attached hydrogens (tertiary/aromatic N) is 3. The number of thiazole rings is 1. The molecule has 8 heteroatoms. The molecule has 0 aliphatic rings. The van der Waals surface area contributed by atoms with E-state index in [9.17, 15) is 0 Å². The molecule has 3 rings (SSSR count). The Morgan fingerprint density at radius 3 is 2.19 bits per heavy atom. The highest BCUT2D eigenvalue weighted by atomic mass is 32.1. The smallest absolute Gasteiger partial charge is 0.241 e. The third-order valence-corrected chi connectivity index (χ3v) is 7.10. The first-order valence-electron chi connectivity index (χ1n) is 12.7. The summed E-state index contributed by atoms with van der Waals surface area (Å²) in [5.74, 6) is 1.48. The highest BCUT2D eigenvalue weighted by Crippen LogP contribution is 2.30. The van der Waals surface area contributed by atoms with Crippen molar-refractivity contribution in [3.05, 3.63) is 64.0 Å². The second-order valence-corrected chi connectivity index (χ2v) is 9.91. The molecule has 0 fully saturated rings. The monoisotopic (exact) mass is 510 g/mol. The van der Waals surface area contributed by atoms with Crippen molar-refractivity contribution in [2.24, 2.45) is 10.9 Å². The minimum Gasteiger partial charge on any atom is -0.455 e. The number of benzene rings is 2. The van der Waals surface area contributed by atoms with Crippen LogP contribution in [-0.2, 0) is 6.42 Å².